The van der Waals surface area contributed by atoms with E-state index in [-0.39, 0.29) is 35.9 Å². The number of ether oxygens (including phenoxy) is 2. The van der Waals surface area contributed by atoms with Crippen LogP contribution in [0.3, 0.4) is 0 Å². The lowest BCUT2D eigenvalue weighted by molar-refractivity contribution is 0.122. The molecule has 0 bridgehead atoms. The molecule has 1 saturated heterocycles. The van der Waals surface area contributed by atoms with Gasteiger partial charge in [0.05, 0.1) is 43.1 Å². The molecule has 0 amide bonds. The molecule has 0 saturated carbocycles. The quantitative estimate of drug-likeness (QED) is 0.255. The van der Waals surface area contributed by atoms with Crippen molar-refractivity contribution in [2.45, 2.75) is 18.4 Å². The number of halogens is 1. The number of anilines is 1. The Kier molecular flexibility index (Phi) is 8.46. The monoisotopic (exact) mass is 634 g/mol. The van der Waals surface area contributed by atoms with E-state index >= 15 is 0 Å². The van der Waals surface area contributed by atoms with Crippen LogP contribution in [0.4, 0.5) is 5.69 Å². The molecule has 5 aromatic rings. The van der Waals surface area contributed by atoms with Gasteiger partial charge in [0.2, 0.25) is 0 Å². The molecule has 0 radical (unpaired) electrons. The molecule has 0 spiro atoms. The molecule has 0 unspecified atom stereocenters. The minimum atomic E-state index is -3.98. The summed E-state index contributed by atoms with van der Waals surface area (Å²) in [7, 11) is -3.98. The van der Waals surface area contributed by atoms with Gasteiger partial charge in [-0.05, 0) is 60.5 Å². The second kappa shape index (κ2) is 12.4. The number of benzene rings is 2. The minimum Gasteiger partial charge on any atom is -0.491 e. The number of aliphatic hydroxyl groups excluding tert-OH is 1. The maximum atomic E-state index is 13.8. The van der Waals surface area contributed by atoms with Crippen LogP contribution in [0.1, 0.15) is 11.1 Å². The summed E-state index contributed by atoms with van der Waals surface area (Å²) >= 11 is 6.26. The number of pyridine rings is 2. The Morgan fingerprint density at radius 1 is 1.05 bits per heavy atom. The van der Waals surface area contributed by atoms with Crippen LogP contribution in [0, 0.1) is 6.92 Å². The van der Waals surface area contributed by atoms with Crippen molar-refractivity contribution in [3.05, 3.63) is 106 Å². The molecule has 10 nitrogen and oxygen atoms in total. The average molecular weight is 635 g/mol. The number of aliphatic hydroxyl groups is 1. The first-order chi connectivity index (χ1) is 21.2. The van der Waals surface area contributed by atoms with Gasteiger partial charge in [0.15, 0.2) is 5.65 Å². The maximum Gasteiger partial charge on any atom is 0.269 e. The van der Waals surface area contributed by atoms with Gasteiger partial charge in [-0.1, -0.05) is 29.3 Å². The van der Waals surface area contributed by atoms with Crippen LogP contribution in [0.25, 0.3) is 22.2 Å². The summed E-state index contributed by atoms with van der Waals surface area (Å²) in [6.07, 6.45) is 4.89. The van der Waals surface area contributed by atoms with Crippen LogP contribution < -0.4 is 15.2 Å². The van der Waals surface area contributed by atoms with Gasteiger partial charge in [-0.3, -0.25) is 4.79 Å². The molecular formula is C32H31ClN4O6S. The van der Waals surface area contributed by atoms with Crippen molar-refractivity contribution >= 4 is 38.3 Å². The van der Waals surface area contributed by atoms with Crippen LogP contribution in [0.15, 0.2) is 88.9 Å². The van der Waals surface area contributed by atoms with Gasteiger partial charge >= 0.3 is 0 Å². The van der Waals surface area contributed by atoms with E-state index in [1.165, 1.54) is 20.8 Å². The lowest BCUT2D eigenvalue weighted by Crippen LogP contribution is -2.36. The van der Waals surface area contributed by atoms with Crippen molar-refractivity contribution in [3.63, 3.8) is 0 Å². The molecule has 12 heteroatoms. The lowest BCUT2D eigenvalue weighted by Gasteiger charge is -2.28. The van der Waals surface area contributed by atoms with Crippen LogP contribution >= 0.6 is 11.6 Å². The number of nitrogens with zero attached hydrogens (tertiary/aromatic N) is 4. The Morgan fingerprint density at radius 3 is 2.55 bits per heavy atom. The van der Waals surface area contributed by atoms with Crippen molar-refractivity contribution in [2.75, 3.05) is 44.4 Å². The predicted octanol–water partition coefficient (Wildman–Crippen LogP) is 4.32. The summed E-state index contributed by atoms with van der Waals surface area (Å²) in [6, 6.07) is 17.0. The lowest BCUT2D eigenvalue weighted by atomic mass is 10.1. The van der Waals surface area contributed by atoms with E-state index < -0.39 is 10.0 Å². The topological polar surface area (TPSA) is 116 Å². The number of morpholine rings is 1. The Balaban J connectivity index is 1.42. The van der Waals surface area contributed by atoms with Crippen molar-refractivity contribution in [1.29, 1.82) is 0 Å². The van der Waals surface area contributed by atoms with Gasteiger partial charge in [0.1, 0.15) is 12.4 Å². The van der Waals surface area contributed by atoms with Gasteiger partial charge in [-0.15, -0.1) is 0 Å². The standard InChI is InChI=1S/C32H31ClN4O6S/c1-22-2-4-28(5-3-22)44(40,41)37-21-30(29-18-26(19-34-32(29)37)35-8-11-42-12-9-35)24-6-7-36(31(39)16-24)20-23-14-25(33)17-27(15-23)43-13-10-38/h2-7,14-19,21,38H,8-13,20H2,1H3. The van der Waals surface area contributed by atoms with Crippen LogP contribution in [-0.4, -0.2) is 66.6 Å². The molecule has 4 heterocycles. The molecular weight excluding hydrogens is 604 g/mol. The summed E-state index contributed by atoms with van der Waals surface area (Å²) in [6.45, 7) is 4.70. The highest BCUT2D eigenvalue weighted by Crippen LogP contribution is 2.34. The molecule has 1 N–H and O–H groups in total. The van der Waals surface area contributed by atoms with Crippen LogP contribution in [0.2, 0.25) is 5.02 Å². The number of hydrogen-bond acceptors (Lipinski definition) is 8. The van der Waals surface area contributed by atoms with E-state index in [1.807, 2.05) is 13.0 Å². The van der Waals surface area contributed by atoms with Crippen molar-refractivity contribution in [2.24, 2.45) is 0 Å². The second-order valence-electron chi connectivity index (χ2n) is 10.6. The van der Waals surface area contributed by atoms with Crippen LogP contribution in [-0.2, 0) is 21.3 Å². The third-order valence-corrected chi connectivity index (χ3v) is 9.38. The van der Waals surface area contributed by atoms with Crippen molar-refractivity contribution < 1.29 is 23.0 Å². The van der Waals surface area contributed by atoms with Crippen molar-refractivity contribution in [1.82, 2.24) is 13.5 Å². The SMILES string of the molecule is Cc1ccc(S(=O)(=O)n2cc(-c3ccn(Cc4cc(Cl)cc(OCCO)c4)c(=O)c3)c3cc(N4CCOCC4)cnc32)cc1. The molecule has 3 aromatic heterocycles. The molecule has 6 rings (SSSR count). The fourth-order valence-corrected chi connectivity index (χ4v) is 6.83. The summed E-state index contributed by atoms with van der Waals surface area (Å²) in [5.74, 6) is 0.498. The molecule has 228 valence electrons. The third-order valence-electron chi connectivity index (χ3n) is 7.50. The number of fused-ring (bicyclic) bond motifs is 1. The highest BCUT2D eigenvalue weighted by molar-refractivity contribution is 7.90. The zero-order chi connectivity index (χ0) is 30.8. The average Bonchev–Trinajstić information content (AvgIpc) is 3.41. The van der Waals surface area contributed by atoms with E-state index in [0.29, 0.717) is 53.6 Å². The zero-order valence-electron chi connectivity index (χ0n) is 24.0. The predicted molar refractivity (Wildman–Crippen MR) is 169 cm³/mol. The highest BCUT2D eigenvalue weighted by atomic mass is 35.5. The molecule has 0 atom stereocenters. The smallest absolute Gasteiger partial charge is 0.269 e. The van der Waals surface area contributed by atoms with Gasteiger partial charge in [0.25, 0.3) is 15.6 Å². The first-order valence-corrected chi connectivity index (χ1v) is 15.9. The minimum absolute atomic E-state index is 0.129. The largest absolute Gasteiger partial charge is 0.491 e. The molecule has 44 heavy (non-hydrogen) atoms. The Morgan fingerprint density at radius 2 is 1.82 bits per heavy atom. The normalized spacial score (nSPS) is 13.8. The molecule has 1 aliphatic heterocycles. The second-order valence-corrected chi connectivity index (χ2v) is 12.8. The fraction of sp³-hybridized carbons (Fsp3) is 0.250. The molecule has 1 aliphatic rings. The van der Waals surface area contributed by atoms with Gasteiger partial charge < -0.3 is 24.0 Å². The highest BCUT2D eigenvalue weighted by Gasteiger charge is 2.24. The van der Waals surface area contributed by atoms with E-state index in [1.54, 1.807) is 60.9 Å². The van der Waals surface area contributed by atoms with E-state index in [0.717, 1.165) is 16.8 Å². The maximum absolute atomic E-state index is 13.8. The zero-order valence-corrected chi connectivity index (χ0v) is 25.6. The molecule has 0 aliphatic carbocycles. The summed E-state index contributed by atoms with van der Waals surface area (Å²) in [4.78, 5) is 20.3. The third kappa shape index (κ3) is 6.09. The summed E-state index contributed by atoms with van der Waals surface area (Å²) in [5, 5.41) is 10.1. The Hall–Kier alpha value is -4.16. The van der Waals surface area contributed by atoms with Crippen molar-refractivity contribution in [3.8, 4) is 16.9 Å². The van der Waals surface area contributed by atoms with Crippen LogP contribution in [0.5, 0.6) is 5.75 Å². The molecule has 2 aromatic carbocycles. The van der Waals surface area contributed by atoms with E-state index in [9.17, 15) is 13.2 Å². The Bertz CT molecular complexity index is 1980. The van der Waals surface area contributed by atoms with Gasteiger partial charge in [0, 0.05) is 47.5 Å². The number of hydrogen-bond donors (Lipinski definition) is 1. The summed E-state index contributed by atoms with van der Waals surface area (Å²) in [5.41, 5.74) is 3.68. The number of rotatable bonds is 9. The number of aromatic nitrogens is 3. The Labute approximate surface area is 259 Å². The first kappa shape index (κ1) is 29.9. The van der Waals surface area contributed by atoms with Gasteiger partial charge in [-0.25, -0.2) is 17.4 Å². The fourth-order valence-electron chi connectivity index (χ4n) is 5.26. The molecule has 1 fully saturated rings. The van der Waals surface area contributed by atoms with E-state index in [2.05, 4.69) is 9.88 Å². The first-order valence-electron chi connectivity index (χ1n) is 14.1. The van der Waals surface area contributed by atoms with E-state index in [4.69, 9.17) is 26.2 Å². The van der Waals surface area contributed by atoms with Gasteiger partial charge in [-0.2, -0.15) is 0 Å². The number of aryl methyl sites for hydroxylation is 1. The summed E-state index contributed by atoms with van der Waals surface area (Å²) < 4.78 is 41.4.